The highest BCUT2D eigenvalue weighted by Gasteiger charge is 2.21. The molecule has 0 N–H and O–H groups in total. The molecule has 0 aromatic carbocycles. The molecule has 152 valence electrons. The third-order valence-corrected chi connectivity index (χ3v) is 2.38. The van der Waals surface area contributed by atoms with Crippen LogP contribution in [0.1, 0.15) is 6.42 Å². The zero-order valence-electron chi connectivity index (χ0n) is 15.5. The van der Waals surface area contributed by atoms with E-state index in [0.29, 0.717) is 0 Å². The molecule has 14 heteroatoms. The lowest BCUT2D eigenvalue weighted by molar-refractivity contribution is -2.00. The highest BCUT2D eigenvalue weighted by molar-refractivity contribution is 5.97. The van der Waals surface area contributed by atoms with Crippen molar-refractivity contribution >= 4 is 11.7 Å². The lowest BCUT2D eigenvalue weighted by atomic mass is 10.3. The van der Waals surface area contributed by atoms with Crippen molar-refractivity contribution < 1.29 is 66.9 Å². The fraction of sp³-hybridized carbons (Fsp3) is 0.818. The van der Waals surface area contributed by atoms with E-state index in [0.717, 1.165) is 6.42 Å². The van der Waals surface area contributed by atoms with Crippen LogP contribution < -0.4 is 37.3 Å². The molecule has 0 heterocycles. The van der Waals surface area contributed by atoms with Gasteiger partial charge in [-0.25, -0.2) is 37.3 Å². The van der Waals surface area contributed by atoms with E-state index in [4.69, 9.17) is 37.3 Å². The first-order valence-corrected chi connectivity index (χ1v) is 8.88. The standard InChI is InChI=1S/C11H26N4.2ClHO4/c1-12(2)10(13(3)4)9-11(14(5)6)15(7)8;2*2-1(3,4)5/h9H2,1-8H3;2*(H,2,3,4,5)/q+2;;/p-2. The van der Waals surface area contributed by atoms with Gasteiger partial charge in [0.15, 0.2) is 0 Å². The molecular formula is C11H26Cl2N4O8. The van der Waals surface area contributed by atoms with Gasteiger partial charge in [0.1, 0.15) is 6.42 Å². The van der Waals surface area contributed by atoms with Crippen molar-refractivity contribution in [2.24, 2.45) is 0 Å². The molecule has 0 aliphatic rings. The predicted molar refractivity (Wildman–Crippen MR) is 66.2 cm³/mol. The van der Waals surface area contributed by atoms with E-state index in [-0.39, 0.29) is 0 Å². The van der Waals surface area contributed by atoms with Gasteiger partial charge in [0.05, 0.1) is 56.4 Å². The van der Waals surface area contributed by atoms with E-state index >= 15 is 0 Å². The Morgan fingerprint density at radius 1 is 0.600 bits per heavy atom. The molecule has 0 aliphatic carbocycles. The summed E-state index contributed by atoms with van der Waals surface area (Å²) in [6.45, 7) is 0. The van der Waals surface area contributed by atoms with Crippen molar-refractivity contribution in [2.45, 2.75) is 6.42 Å². The molecule has 0 saturated heterocycles. The molecule has 0 radical (unpaired) electrons. The summed E-state index contributed by atoms with van der Waals surface area (Å²) in [6, 6.07) is 0. The maximum atomic E-state index is 8.49. The molecule has 0 saturated carbocycles. The Morgan fingerprint density at radius 3 is 0.840 bits per heavy atom. The van der Waals surface area contributed by atoms with Crippen LogP contribution in [0.2, 0.25) is 0 Å². The fourth-order valence-electron chi connectivity index (χ4n) is 1.57. The highest BCUT2D eigenvalue weighted by atomic mass is 35.7. The van der Waals surface area contributed by atoms with Crippen LogP contribution in [-0.4, -0.2) is 87.0 Å². The Labute approximate surface area is 151 Å². The van der Waals surface area contributed by atoms with Gasteiger partial charge in [0, 0.05) is 0 Å². The van der Waals surface area contributed by atoms with Crippen molar-refractivity contribution in [3.05, 3.63) is 0 Å². The first kappa shape index (κ1) is 29.0. The zero-order chi connectivity index (χ0) is 21.2. The lowest BCUT2D eigenvalue weighted by Gasteiger charge is -2.17. The minimum atomic E-state index is -4.94. The smallest absolute Gasteiger partial charge is 0.258 e. The van der Waals surface area contributed by atoms with Crippen LogP contribution in [0, 0.1) is 20.5 Å². The summed E-state index contributed by atoms with van der Waals surface area (Å²) in [5.74, 6) is 2.60. The molecule has 12 nitrogen and oxygen atoms in total. The van der Waals surface area contributed by atoms with Gasteiger partial charge >= 0.3 is 0 Å². The van der Waals surface area contributed by atoms with E-state index in [9.17, 15) is 0 Å². The summed E-state index contributed by atoms with van der Waals surface area (Å²) in [6.07, 6.45) is 0.944. The van der Waals surface area contributed by atoms with Crippen LogP contribution in [0.4, 0.5) is 0 Å². The molecule has 25 heavy (non-hydrogen) atoms. The van der Waals surface area contributed by atoms with Crippen LogP contribution in [0.15, 0.2) is 0 Å². The third-order valence-electron chi connectivity index (χ3n) is 2.38. The predicted octanol–water partition coefficient (Wildman–Crippen LogP) is -9.67. The van der Waals surface area contributed by atoms with Gasteiger partial charge in [-0.05, 0) is 0 Å². The van der Waals surface area contributed by atoms with Gasteiger partial charge in [-0.1, -0.05) is 0 Å². The SMILES string of the molecule is CN(C)C(CC(N(C)C)=[N+](C)C)=[N+](C)C.[O-][Cl+3]([O-])([O-])[O-].[O-][Cl+3]([O-])([O-])[O-]. The van der Waals surface area contributed by atoms with Crippen LogP contribution in [-0.2, 0) is 0 Å². The van der Waals surface area contributed by atoms with Crippen LogP contribution in [0.25, 0.3) is 0 Å². The van der Waals surface area contributed by atoms with Crippen molar-refractivity contribution in [1.82, 2.24) is 9.80 Å². The minimum absolute atomic E-state index is 0.944. The van der Waals surface area contributed by atoms with Crippen LogP contribution in [0.5, 0.6) is 0 Å². The van der Waals surface area contributed by atoms with E-state index in [1.54, 1.807) is 0 Å². The van der Waals surface area contributed by atoms with Crippen molar-refractivity contribution in [2.75, 3.05) is 56.4 Å². The Balaban J connectivity index is -0.000000396. The molecule has 0 amide bonds. The maximum absolute atomic E-state index is 8.49. The van der Waals surface area contributed by atoms with Gasteiger partial charge in [-0.15, -0.1) is 20.5 Å². The van der Waals surface area contributed by atoms with Crippen LogP contribution in [0.3, 0.4) is 0 Å². The molecule has 0 atom stereocenters. The van der Waals surface area contributed by atoms with E-state index < -0.39 is 20.5 Å². The molecule has 0 fully saturated rings. The third kappa shape index (κ3) is 28.3. The summed E-state index contributed by atoms with van der Waals surface area (Å²) >= 11 is 0. The molecular weight excluding hydrogens is 387 g/mol. The van der Waals surface area contributed by atoms with E-state index in [1.165, 1.54) is 11.7 Å². The second-order valence-corrected chi connectivity index (χ2v) is 6.85. The van der Waals surface area contributed by atoms with E-state index in [1.807, 2.05) is 0 Å². The number of rotatable bonds is 2. The topological polar surface area (TPSA) is 197 Å². The molecule has 0 unspecified atom stereocenters. The highest BCUT2D eigenvalue weighted by Crippen LogP contribution is 1.96. The number of halogens is 2. The molecule has 0 spiro atoms. The molecule has 0 aromatic heterocycles. The number of hydrogen-bond donors (Lipinski definition) is 0. The van der Waals surface area contributed by atoms with E-state index in [2.05, 4.69) is 75.3 Å². The molecule has 0 aliphatic heterocycles. The second-order valence-electron chi connectivity index (χ2n) is 5.34. The first-order valence-electron chi connectivity index (χ1n) is 6.41. The van der Waals surface area contributed by atoms with Gasteiger partial charge in [-0.2, -0.15) is 0 Å². The molecule has 0 rings (SSSR count). The summed E-state index contributed by atoms with van der Waals surface area (Å²) in [4.78, 5) is 4.32. The summed E-state index contributed by atoms with van der Waals surface area (Å²) < 4.78 is 72.3. The van der Waals surface area contributed by atoms with Gasteiger partial charge < -0.3 is 0 Å². The summed E-state index contributed by atoms with van der Waals surface area (Å²) in [7, 11) is 6.76. The molecule has 0 aromatic rings. The molecule has 0 bridgehead atoms. The zero-order valence-corrected chi connectivity index (χ0v) is 17.0. The summed E-state index contributed by atoms with van der Waals surface area (Å²) in [5, 5.41) is 0. The number of nitrogens with zero attached hydrogens (tertiary/aromatic N) is 4. The average molecular weight is 413 g/mol. The Kier molecular flexibility index (Phi) is 14.5. The van der Waals surface area contributed by atoms with Crippen molar-refractivity contribution in [3.8, 4) is 0 Å². The monoisotopic (exact) mass is 412 g/mol. The van der Waals surface area contributed by atoms with Gasteiger partial charge in [-0.3, -0.25) is 19.0 Å². The Bertz CT molecular complexity index is 384. The summed E-state index contributed by atoms with van der Waals surface area (Å²) in [5.41, 5.74) is 0. The quantitative estimate of drug-likeness (QED) is 0.238. The van der Waals surface area contributed by atoms with Crippen molar-refractivity contribution in [3.63, 3.8) is 0 Å². The number of amidine groups is 2. The Morgan fingerprint density at radius 2 is 0.760 bits per heavy atom. The largest absolute Gasteiger partial charge is 0.271 e. The first-order chi connectivity index (χ1) is 10.8. The van der Waals surface area contributed by atoms with Gasteiger partial charge in [0.2, 0.25) is 0 Å². The minimum Gasteiger partial charge on any atom is -0.271 e. The van der Waals surface area contributed by atoms with Crippen LogP contribution >= 0.6 is 0 Å². The average Bonchev–Trinajstić information content (AvgIpc) is 2.21. The van der Waals surface area contributed by atoms with Crippen molar-refractivity contribution in [1.29, 1.82) is 0 Å². The second kappa shape index (κ2) is 12.5. The fourth-order valence-corrected chi connectivity index (χ4v) is 1.57. The maximum Gasteiger partial charge on any atom is 0.258 e. The lowest BCUT2D eigenvalue weighted by Crippen LogP contribution is -2.68. The normalized spacial score (nSPS) is 10.6. The van der Waals surface area contributed by atoms with Gasteiger partial charge in [0.25, 0.3) is 11.7 Å². The number of hydrogen-bond acceptors (Lipinski definition) is 8. The Hall–Kier alpha value is -0.800.